The Kier molecular flexibility index (Phi) is 5.26. The smallest absolute Gasteiger partial charge is 0.262 e. The van der Waals surface area contributed by atoms with E-state index in [9.17, 15) is 9.59 Å². The predicted octanol–water partition coefficient (Wildman–Crippen LogP) is 3.34. The number of nitrogens with one attached hydrogen (secondary N) is 1. The Bertz CT molecular complexity index is 845. The summed E-state index contributed by atoms with van der Waals surface area (Å²) in [7, 11) is 0. The molecule has 2 aromatic rings. The van der Waals surface area contributed by atoms with E-state index in [1.165, 1.54) is 0 Å². The van der Waals surface area contributed by atoms with Crippen LogP contribution < -0.4 is 10.1 Å². The number of likely N-dealkylation sites (N-methyl/N-ethyl adjacent to an activating group) is 1. The molecule has 2 aromatic carbocycles. The molecule has 1 N–H and O–H groups in total. The van der Waals surface area contributed by atoms with Gasteiger partial charge in [0.25, 0.3) is 11.8 Å². The lowest BCUT2D eigenvalue weighted by Crippen LogP contribution is -2.37. The number of anilines is 1. The summed E-state index contributed by atoms with van der Waals surface area (Å²) in [5.41, 5.74) is 4.51. The van der Waals surface area contributed by atoms with Crippen molar-refractivity contribution in [3.63, 3.8) is 0 Å². The van der Waals surface area contributed by atoms with Crippen molar-refractivity contribution >= 4 is 17.5 Å². The highest BCUT2D eigenvalue weighted by atomic mass is 16.5. The van der Waals surface area contributed by atoms with Gasteiger partial charge in [0.05, 0.1) is 0 Å². The summed E-state index contributed by atoms with van der Waals surface area (Å²) in [6, 6.07) is 11.3. The van der Waals surface area contributed by atoms with Gasteiger partial charge in [-0.05, 0) is 51.0 Å². The van der Waals surface area contributed by atoms with Crippen LogP contribution in [-0.4, -0.2) is 36.4 Å². The summed E-state index contributed by atoms with van der Waals surface area (Å²) < 4.78 is 5.74. The number of hydrogen-bond acceptors (Lipinski definition) is 3. The molecule has 1 aliphatic heterocycles. The maximum Gasteiger partial charge on any atom is 0.262 e. The van der Waals surface area contributed by atoms with Gasteiger partial charge in [0.1, 0.15) is 5.75 Å². The van der Waals surface area contributed by atoms with Gasteiger partial charge in [-0.25, -0.2) is 0 Å². The van der Waals surface area contributed by atoms with E-state index in [1.54, 1.807) is 6.07 Å². The molecule has 0 aliphatic carbocycles. The van der Waals surface area contributed by atoms with Gasteiger partial charge in [0.2, 0.25) is 0 Å². The number of fused-ring (bicyclic) bond motifs is 1. The van der Waals surface area contributed by atoms with Crippen LogP contribution in [0.25, 0.3) is 0 Å². The Morgan fingerprint density at radius 2 is 2.04 bits per heavy atom. The minimum absolute atomic E-state index is 0.0268. The second-order valence-corrected chi connectivity index (χ2v) is 6.57. The SMILES string of the molecule is CCN1CCc2c(OCC(=O)Nc3ccc(C)cc3C)cccc2C1=O. The fraction of sp³-hybridized carbons (Fsp3) is 0.333. The molecule has 136 valence electrons. The first-order valence-electron chi connectivity index (χ1n) is 8.90. The lowest BCUT2D eigenvalue weighted by Gasteiger charge is -2.28. The van der Waals surface area contributed by atoms with Crippen LogP contribution in [0.3, 0.4) is 0 Å². The van der Waals surface area contributed by atoms with Crippen molar-refractivity contribution in [2.75, 3.05) is 25.0 Å². The number of carbonyl (C=O) groups excluding carboxylic acids is 2. The topological polar surface area (TPSA) is 58.6 Å². The minimum Gasteiger partial charge on any atom is -0.483 e. The molecule has 0 saturated carbocycles. The van der Waals surface area contributed by atoms with Crippen molar-refractivity contribution in [2.24, 2.45) is 0 Å². The molecule has 5 nitrogen and oxygen atoms in total. The third-order valence-corrected chi connectivity index (χ3v) is 4.68. The minimum atomic E-state index is -0.216. The second kappa shape index (κ2) is 7.60. The highest BCUT2D eigenvalue weighted by Crippen LogP contribution is 2.28. The summed E-state index contributed by atoms with van der Waals surface area (Å²) in [5.74, 6) is 0.424. The second-order valence-electron chi connectivity index (χ2n) is 6.57. The molecular formula is C21H24N2O3. The molecule has 5 heteroatoms. The molecule has 3 rings (SSSR count). The van der Waals surface area contributed by atoms with Crippen LogP contribution >= 0.6 is 0 Å². The number of amides is 2. The van der Waals surface area contributed by atoms with Gasteiger partial charge >= 0.3 is 0 Å². The molecule has 0 bridgehead atoms. The van der Waals surface area contributed by atoms with E-state index in [1.807, 2.05) is 56.0 Å². The molecule has 0 saturated heterocycles. The van der Waals surface area contributed by atoms with Crippen LogP contribution in [0.2, 0.25) is 0 Å². The lowest BCUT2D eigenvalue weighted by atomic mass is 9.98. The Balaban J connectivity index is 1.68. The van der Waals surface area contributed by atoms with Gasteiger partial charge in [-0.15, -0.1) is 0 Å². The molecule has 0 spiro atoms. The number of aryl methyl sites for hydroxylation is 2. The molecule has 0 atom stereocenters. The third-order valence-electron chi connectivity index (χ3n) is 4.68. The summed E-state index contributed by atoms with van der Waals surface area (Å²) in [6.45, 7) is 7.23. The summed E-state index contributed by atoms with van der Waals surface area (Å²) in [5, 5.41) is 2.87. The Hall–Kier alpha value is -2.82. The van der Waals surface area contributed by atoms with Gasteiger partial charge in [0, 0.05) is 29.9 Å². The Morgan fingerprint density at radius 3 is 2.77 bits per heavy atom. The number of ether oxygens (including phenoxy) is 1. The molecule has 26 heavy (non-hydrogen) atoms. The van der Waals surface area contributed by atoms with E-state index >= 15 is 0 Å². The average Bonchev–Trinajstić information content (AvgIpc) is 2.63. The van der Waals surface area contributed by atoms with Gasteiger partial charge in [-0.2, -0.15) is 0 Å². The fourth-order valence-electron chi connectivity index (χ4n) is 3.26. The van der Waals surface area contributed by atoms with Crippen molar-refractivity contribution in [3.05, 3.63) is 58.7 Å². The summed E-state index contributed by atoms with van der Waals surface area (Å²) in [4.78, 5) is 26.5. The zero-order chi connectivity index (χ0) is 18.7. The Morgan fingerprint density at radius 1 is 1.23 bits per heavy atom. The van der Waals surface area contributed by atoms with Crippen LogP contribution in [0, 0.1) is 13.8 Å². The van der Waals surface area contributed by atoms with Crippen molar-refractivity contribution in [3.8, 4) is 5.75 Å². The first-order valence-corrected chi connectivity index (χ1v) is 8.90. The number of benzene rings is 2. The zero-order valence-electron chi connectivity index (χ0n) is 15.5. The van der Waals surface area contributed by atoms with E-state index in [2.05, 4.69) is 5.32 Å². The quantitative estimate of drug-likeness (QED) is 0.898. The van der Waals surface area contributed by atoms with Crippen molar-refractivity contribution in [2.45, 2.75) is 27.2 Å². The molecule has 0 radical (unpaired) electrons. The molecule has 1 aliphatic rings. The number of carbonyl (C=O) groups is 2. The molecule has 0 aromatic heterocycles. The highest BCUT2D eigenvalue weighted by Gasteiger charge is 2.25. The van der Waals surface area contributed by atoms with Crippen LogP contribution in [0.1, 0.15) is 34.0 Å². The number of nitrogens with zero attached hydrogens (tertiary/aromatic N) is 1. The molecular weight excluding hydrogens is 328 g/mol. The van der Waals surface area contributed by atoms with Crippen LogP contribution in [0.4, 0.5) is 5.69 Å². The maximum absolute atomic E-state index is 12.4. The van der Waals surface area contributed by atoms with Crippen molar-refractivity contribution in [1.29, 1.82) is 0 Å². The van der Waals surface area contributed by atoms with E-state index in [0.29, 0.717) is 24.4 Å². The van der Waals surface area contributed by atoms with E-state index in [4.69, 9.17) is 4.74 Å². The maximum atomic E-state index is 12.4. The van der Waals surface area contributed by atoms with Gasteiger partial charge in [-0.3, -0.25) is 9.59 Å². The van der Waals surface area contributed by atoms with Crippen molar-refractivity contribution in [1.82, 2.24) is 4.90 Å². The lowest BCUT2D eigenvalue weighted by molar-refractivity contribution is -0.118. The summed E-state index contributed by atoms with van der Waals surface area (Å²) >= 11 is 0. The van der Waals surface area contributed by atoms with E-state index in [0.717, 1.165) is 28.8 Å². The average molecular weight is 352 g/mol. The van der Waals surface area contributed by atoms with Crippen LogP contribution in [0.15, 0.2) is 36.4 Å². The number of rotatable bonds is 5. The molecule has 0 unspecified atom stereocenters. The third kappa shape index (κ3) is 3.72. The Labute approximate surface area is 154 Å². The monoisotopic (exact) mass is 352 g/mol. The van der Waals surface area contributed by atoms with Crippen LogP contribution in [-0.2, 0) is 11.2 Å². The molecule has 0 fully saturated rings. The van der Waals surface area contributed by atoms with Gasteiger partial charge < -0.3 is 15.0 Å². The van der Waals surface area contributed by atoms with Crippen molar-refractivity contribution < 1.29 is 14.3 Å². The van der Waals surface area contributed by atoms with Gasteiger partial charge in [-0.1, -0.05) is 23.8 Å². The predicted molar refractivity (Wildman–Crippen MR) is 102 cm³/mol. The van der Waals surface area contributed by atoms with E-state index in [-0.39, 0.29) is 18.4 Å². The fourth-order valence-corrected chi connectivity index (χ4v) is 3.26. The van der Waals surface area contributed by atoms with Crippen LogP contribution in [0.5, 0.6) is 5.75 Å². The first kappa shape index (κ1) is 18.0. The summed E-state index contributed by atoms with van der Waals surface area (Å²) in [6.07, 6.45) is 0.740. The zero-order valence-corrected chi connectivity index (χ0v) is 15.5. The largest absolute Gasteiger partial charge is 0.483 e. The highest BCUT2D eigenvalue weighted by molar-refractivity contribution is 5.97. The molecule has 1 heterocycles. The van der Waals surface area contributed by atoms with E-state index < -0.39 is 0 Å². The molecule has 2 amide bonds. The normalized spacial score (nSPS) is 13.3. The van der Waals surface area contributed by atoms with Gasteiger partial charge in [0.15, 0.2) is 6.61 Å². The number of hydrogen-bond donors (Lipinski definition) is 1. The first-order chi connectivity index (χ1) is 12.5. The standard InChI is InChI=1S/C21H24N2O3/c1-4-23-11-10-16-17(21(23)25)6-5-7-19(16)26-13-20(24)22-18-9-8-14(2)12-15(18)3/h5-9,12H,4,10-11,13H2,1-3H3,(H,22,24).